The Morgan fingerprint density at radius 2 is 2.00 bits per heavy atom. The number of amides is 3. The van der Waals surface area contributed by atoms with Gasteiger partial charge in [-0.1, -0.05) is 36.8 Å². The molecule has 0 aliphatic heterocycles. The summed E-state index contributed by atoms with van der Waals surface area (Å²) in [4.78, 5) is 23.5. The van der Waals surface area contributed by atoms with E-state index < -0.39 is 12.1 Å². The molecule has 5 nitrogen and oxygen atoms in total. The van der Waals surface area contributed by atoms with Crippen LogP contribution in [0.4, 0.5) is 4.79 Å². The zero-order chi connectivity index (χ0) is 16.7. The lowest BCUT2D eigenvalue weighted by atomic mass is 9.64. The third kappa shape index (κ3) is 4.64. The molecule has 0 saturated heterocycles. The van der Waals surface area contributed by atoms with Gasteiger partial charge >= 0.3 is 6.03 Å². The number of primary amides is 1. The largest absolute Gasteiger partial charge is 0.353 e. The molecule has 1 saturated carbocycles. The number of carbonyl (C=O) groups excluding carboxylic acids is 2. The first-order valence-electron chi connectivity index (χ1n) is 7.95. The van der Waals surface area contributed by atoms with Gasteiger partial charge < -0.3 is 16.4 Å². The standard InChI is InChI=1S/C17H25N3O2S/c1-23-11-8-14(20-16(18)22)15(21)19-12-17(9-5-10-17)13-6-3-2-4-7-13/h2-4,6-7,14H,5,8-12H2,1H3,(H,19,21)(H3,18,20,22). The van der Waals surface area contributed by atoms with Gasteiger partial charge in [-0.25, -0.2) is 4.79 Å². The van der Waals surface area contributed by atoms with Crippen LogP contribution in [0.2, 0.25) is 0 Å². The molecule has 0 aromatic heterocycles. The maximum absolute atomic E-state index is 12.4. The van der Waals surface area contributed by atoms with E-state index in [0.29, 0.717) is 13.0 Å². The molecule has 0 bridgehead atoms. The van der Waals surface area contributed by atoms with Gasteiger partial charge in [0.1, 0.15) is 6.04 Å². The average Bonchev–Trinajstić information content (AvgIpc) is 2.51. The van der Waals surface area contributed by atoms with Crippen molar-refractivity contribution in [3.8, 4) is 0 Å². The predicted octanol–water partition coefficient (Wildman–Crippen LogP) is 2.01. The highest BCUT2D eigenvalue weighted by Gasteiger charge is 2.39. The van der Waals surface area contributed by atoms with Crippen LogP contribution in [0.15, 0.2) is 30.3 Å². The summed E-state index contributed by atoms with van der Waals surface area (Å²) in [7, 11) is 0. The van der Waals surface area contributed by atoms with Crippen molar-refractivity contribution in [2.45, 2.75) is 37.1 Å². The van der Waals surface area contributed by atoms with Gasteiger partial charge in [-0.05, 0) is 36.8 Å². The van der Waals surface area contributed by atoms with Crippen molar-refractivity contribution >= 4 is 23.7 Å². The zero-order valence-corrected chi connectivity index (χ0v) is 14.3. The summed E-state index contributed by atoms with van der Waals surface area (Å²) in [5.41, 5.74) is 6.49. The van der Waals surface area contributed by atoms with E-state index in [1.807, 2.05) is 24.5 Å². The lowest BCUT2D eigenvalue weighted by Crippen LogP contribution is -2.53. The van der Waals surface area contributed by atoms with E-state index in [9.17, 15) is 9.59 Å². The molecule has 4 N–H and O–H groups in total. The van der Waals surface area contributed by atoms with Gasteiger partial charge in [0, 0.05) is 12.0 Å². The molecule has 0 spiro atoms. The molecule has 1 atom stereocenters. The molecular weight excluding hydrogens is 310 g/mol. The van der Waals surface area contributed by atoms with Crippen LogP contribution in [0.3, 0.4) is 0 Å². The van der Waals surface area contributed by atoms with Gasteiger partial charge in [0.2, 0.25) is 5.91 Å². The van der Waals surface area contributed by atoms with Crippen LogP contribution in [0.25, 0.3) is 0 Å². The van der Waals surface area contributed by atoms with Crippen molar-refractivity contribution in [1.29, 1.82) is 0 Å². The van der Waals surface area contributed by atoms with Crippen LogP contribution < -0.4 is 16.4 Å². The summed E-state index contributed by atoms with van der Waals surface area (Å²) in [5, 5.41) is 5.56. The fourth-order valence-corrected chi connectivity index (χ4v) is 3.49. The summed E-state index contributed by atoms with van der Waals surface area (Å²) in [6, 6.07) is 9.10. The summed E-state index contributed by atoms with van der Waals surface area (Å²) in [5.74, 6) is 0.641. The minimum atomic E-state index is -0.660. The van der Waals surface area contributed by atoms with Gasteiger partial charge in [-0.3, -0.25) is 4.79 Å². The Labute approximate surface area is 141 Å². The van der Waals surface area contributed by atoms with Crippen LogP contribution in [0.1, 0.15) is 31.2 Å². The maximum Gasteiger partial charge on any atom is 0.312 e. The summed E-state index contributed by atoms with van der Waals surface area (Å²) in [6.07, 6.45) is 5.89. The molecule has 1 aromatic carbocycles. The first-order chi connectivity index (χ1) is 11.1. The highest BCUT2D eigenvalue weighted by atomic mass is 32.2. The molecule has 6 heteroatoms. The number of carbonyl (C=O) groups is 2. The van der Waals surface area contributed by atoms with Gasteiger partial charge in [-0.2, -0.15) is 11.8 Å². The number of thioether (sulfide) groups is 1. The SMILES string of the molecule is CSCCC(NC(N)=O)C(=O)NCC1(c2ccccc2)CCC1. The van der Waals surface area contributed by atoms with E-state index >= 15 is 0 Å². The van der Waals surface area contributed by atoms with E-state index in [0.717, 1.165) is 18.6 Å². The van der Waals surface area contributed by atoms with Crippen molar-refractivity contribution in [2.24, 2.45) is 5.73 Å². The Morgan fingerprint density at radius 1 is 1.30 bits per heavy atom. The molecule has 1 unspecified atom stereocenters. The Morgan fingerprint density at radius 3 is 2.52 bits per heavy atom. The van der Waals surface area contributed by atoms with Gasteiger partial charge in [-0.15, -0.1) is 0 Å². The Kier molecular flexibility index (Phi) is 6.33. The number of hydrogen-bond donors (Lipinski definition) is 3. The molecule has 2 rings (SSSR count). The molecule has 1 fully saturated rings. The number of nitrogens with one attached hydrogen (secondary N) is 2. The number of benzene rings is 1. The lowest BCUT2D eigenvalue weighted by Gasteiger charge is -2.43. The summed E-state index contributed by atoms with van der Waals surface area (Å²) in [6.45, 7) is 0.603. The summed E-state index contributed by atoms with van der Waals surface area (Å²) >= 11 is 1.64. The molecule has 126 valence electrons. The van der Waals surface area contributed by atoms with Crippen LogP contribution in [0.5, 0.6) is 0 Å². The van der Waals surface area contributed by atoms with E-state index in [1.165, 1.54) is 12.0 Å². The summed E-state index contributed by atoms with van der Waals surface area (Å²) < 4.78 is 0. The quantitative estimate of drug-likeness (QED) is 0.679. The van der Waals surface area contributed by atoms with Crippen molar-refractivity contribution in [1.82, 2.24) is 10.6 Å². The maximum atomic E-state index is 12.4. The molecule has 1 aliphatic carbocycles. The molecule has 23 heavy (non-hydrogen) atoms. The van der Waals surface area contributed by atoms with E-state index in [4.69, 9.17) is 5.73 Å². The van der Waals surface area contributed by atoms with Gasteiger partial charge in [0.25, 0.3) is 0 Å². The van der Waals surface area contributed by atoms with E-state index in [1.54, 1.807) is 11.8 Å². The normalized spacial score (nSPS) is 16.9. The second kappa shape index (κ2) is 8.24. The van der Waals surface area contributed by atoms with E-state index in [-0.39, 0.29) is 11.3 Å². The fraction of sp³-hybridized carbons (Fsp3) is 0.529. The third-order valence-corrected chi connectivity index (χ3v) is 5.19. The predicted molar refractivity (Wildman–Crippen MR) is 94.5 cm³/mol. The molecule has 1 aliphatic rings. The van der Waals surface area contributed by atoms with Crippen molar-refractivity contribution in [3.63, 3.8) is 0 Å². The van der Waals surface area contributed by atoms with Crippen molar-refractivity contribution in [3.05, 3.63) is 35.9 Å². The Bertz CT molecular complexity index is 532. The number of hydrogen-bond acceptors (Lipinski definition) is 3. The van der Waals surface area contributed by atoms with E-state index in [2.05, 4.69) is 22.8 Å². The van der Waals surface area contributed by atoms with Crippen LogP contribution in [-0.2, 0) is 10.2 Å². The van der Waals surface area contributed by atoms with Gasteiger partial charge in [0.15, 0.2) is 0 Å². The Hall–Kier alpha value is -1.69. The van der Waals surface area contributed by atoms with Crippen LogP contribution >= 0.6 is 11.8 Å². The number of urea groups is 1. The Balaban J connectivity index is 1.96. The molecule has 0 radical (unpaired) electrons. The number of nitrogens with two attached hydrogens (primary N) is 1. The lowest BCUT2D eigenvalue weighted by molar-refractivity contribution is -0.123. The monoisotopic (exact) mass is 335 g/mol. The highest BCUT2D eigenvalue weighted by molar-refractivity contribution is 7.98. The van der Waals surface area contributed by atoms with Gasteiger partial charge in [0.05, 0.1) is 0 Å². The smallest absolute Gasteiger partial charge is 0.312 e. The van der Waals surface area contributed by atoms with Crippen LogP contribution in [0, 0.1) is 0 Å². The topological polar surface area (TPSA) is 84.2 Å². The second-order valence-electron chi connectivity index (χ2n) is 6.06. The minimum absolute atomic E-state index is 0.0354. The highest BCUT2D eigenvalue weighted by Crippen LogP contribution is 2.43. The molecule has 0 heterocycles. The third-order valence-electron chi connectivity index (χ3n) is 4.54. The van der Waals surface area contributed by atoms with Crippen LogP contribution in [-0.4, -0.2) is 36.5 Å². The first kappa shape index (κ1) is 17.7. The van der Waals surface area contributed by atoms with Crippen molar-refractivity contribution in [2.75, 3.05) is 18.6 Å². The average molecular weight is 335 g/mol. The first-order valence-corrected chi connectivity index (χ1v) is 9.35. The molecule has 3 amide bonds. The zero-order valence-electron chi connectivity index (χ0n) is 13.5. The molecular formula is C17H25N3O2S. The fourth-order valence-electron chi connectivity index (χ4n) is 3.02. The second-order valence-corrected chi connectivity index (χ2v) is 7.05. The number of rotatable bonds is 8. The van der Waals surface area contributed by atoms with Crippen molar-refractivity contribution < 1.29 is 9.59 Å². The minimum Gasteiger partial charge on any atom is -0.353 e. The molecule has 1 aromatic rings.